The Labute approximate surface area is 125 Å². The first kappa shape index (κ1) is 14.5. The van der Waals surface area contributed by atoms with Gasteiger partial charge in [-0.2, -0.15) is 0 Å². The van der Waals surface area contributed by atoms with E-state index in [-0.39, 0.29) is 4.90 Å². The minimum absolute atomic E-state index is 0.281. The highest BCUT2D eigenvalue weighted by Gasteiger charge is 2.21. The van der Waals surface area contributed by atoms with Crippen LogP contribution in [0.25, 0.3) is 0 Å². The summed E-state index contributed by atoms with van der Waals surface area (Å²) in [5.74, 6) is 0.840. The lowest BCUT2D eigenvalue weighted by Gasteiger charge is -2.08. The third-order valence-corrected chi connectivity index (χ3v) is 5.91. The molecule has 0 unspecified atom stereocenters. The van der Waals surface area contributed by atoms with Crippen LogP contribution >= 0.6 is 31.9 Å². The van der Waals surface area contributed by atoms with Crippen LogP contribution in [0.2, 0.25) is 0 Å². The van der Waals surface area contributed by atoms with Crippen molar-refractivity contribution >= 4 is 41.9 Å². The maximum atomic E-state index is 12.1. The van der Waals surface area contributed by atoms with Crippen molar-refractivity contribution in [1.82, 2.24) is 4.72 Å². The molecular formula is C12H15Br2NO2S. The standard InChI is InChI=1S/C12H15Br2NO2S/c13-10-5-6-11(14)12(8-10)18(16,17)15-7-1-2-9-3-4-9/h5-6,8-9,15H,1-4,7H2. The van der Waals surface area contributed by atoms with Crippen molar-refractivity contribution in [2.45, 2.75) is 30.6 Å². The van der Waals surface area contributed by atoms with E-state index in [0.717, 1.165) is 23.2 Å². The van der Waals surface area contributed by atoms with E-state index in [4.69, 9.17) is 0 Å². The third kappa shape index (κ3) is 4.05. The van der Waals surface area contributed by atoms with Crippen molar-refractivity contribution in [3.63, 3.8) is 0 Å². The quantitative estimate of drug-likeness (QED) is 0.745. The molecule has 0 aromatic heterocycles. The Bertz CT molecular complexity index is 527. The Morgan fingerprint density at radius 3 is 2.67 bits per heavy atom. The summed E-state index contributed by atoms with van der Waals surface area (Å²) in [6, 6.07) is 5.13. The Morgan fingerprint density at radius 2 is 2.00 bits per heavy atom. The lowest BCUT2D eigenvalue weighted by molar-refractivity contribution is 0.572. The second-order valence-electron chi connectivity index (χ2n) is 4.56. The van der Waals surface area contributed by atoms with Crippen LogP contribution in [0, 0.1) is 5.92 Å². The molecule has 1 saturated carbocycles. The molecule has 0 heterocycles. The van der Waals surface area contributed by atoms with Gasteiger partial charge in [-0.3, -0.25) is 0 Å². The van der Waals surface area contributed by atoms with Gasteiger partial charge in [0.1, 0.15) is 0 Å². The van der Waals surface area contributed by atoms with E-state index in [1.807, 2.05) is 0 Å². The molecule has 0 radical (unpaired) electrons. The van der Waals surface area contributed by atoms with E-state index in [1.54, 1.807) is 18.2 Å². The van der Waals surface area contributed by atoms with E-state index >= 15 is 0 Å². The van der Waals surface area contributed by atoms with Gasteiger partial charge in [0.05, 0.1) is 4.90 Å². The fourth-order valence-electron chi connectivity index (χ4n) is 1.76. The fourth-order valence-corrected chi connectivity index (χ4v) is 4.34. The normalized spacial score (nSPS) is 15.9. The van der Waals surface area contributed by atoms with Gasteiger partial charge >= 0.3 is 0 Å². The molecule has 1 aliphatic rings. The fraction of sp³-hybridized carbons (Fsp3) is 0.500. The predicted octanol–water partition coefficient (Wildman–Crippen LogP) is 3.68. The molecule has 2 rings (SSSR count). The van der Waals surface area contributed by atoms with Crippen molar-refractivity contribution in [2.24, 2.45) is 5.92 Å². The van der Waals surface area contributed by atoms with Gasteiger partial charge in [0.25, 0.3) is 0 Å². The smallest absolute Gasteiger partial charge is 0.211 e. The summed E-state index contributed by atoms with van der Waals surface area (Å²) >= 11 is 6.55. The van der Waals surface area contributed by atoms with Crippen LogP contribution in [0.5, 0.6) is 0 Å². The van der Waals surface area contributed by atoms with Crippen LogP contribution < -0.4 is 4.72 Å². The Balaban J connectivity index is 1.97. The number of benzene rings is 1. The number of nitrogens with one attached hydrogen (secondary N) is 1. The summed E-state index contributed by atoms with van der Waals surface area (Å²) in [4.78, 5) is 0.281. The average Bonchev–Trinajstić information content (AvgIpc) is 3.12. The van der Waals surface area contributed by atoms with Crippen LogP contribution in [0.15, 0.2) is 32.0 Å². The van der Waals surface area contributed by atoms with E-state index in [2.05, 4.69) is 36.6 Å². The minimum Gasteiger partial charge on any atom is -0.211 e. The van der Waals surface area contributed by atoms with E-state index in [1.165, 1.54) is 12.8 Å². The van der Waals surface area contributed by atoms with E-state index in [9.17, 15) is 8.42 Å². The first-order valence-corrected chi connectivity index (χ1v) is 9.01. The molecule has 0 aliphatic heterocycles. The molecule has 0 bridgehead atoms. The number of halogens is 2. The lowest BCUT2D eigenvalue weighted by atomic mass is 10.2. The van der Waals surface area contributed by atoms with Gasteiger partial charge < -0.3 is 0 Å². The van der Waals surface area contributed by atoms with Crippen molar-refractivity contribution in [3.05, 3.63) is 27.1 Å². The first-order chi connectivity index (χ1) is 8.49. The topological polar surface area (TPSA) is 46.2 Å². The highest BCUT2D eigenvalue weighted by Crippen LogP contribution is 2.33. The number of sulfonamides is 1. The van der Waals surface area contributed by atoms with Crippen molar-refractivity contribution in [3.8, 4) is 0 Å². The van der Waals surface area contributed by atoms with Gasteiger partial charge in [-0.1, -0.05) is 28.8 Å². The molecule has 1 aromatic rings. The molecule has 0 saturated heterocycles. The van der Waals surface area contributed by atoms with Crippen LogP contribution in [0.4, 0.5) is 0 Å². The molecule has 1 N–H and O–H groups in total. The monoisotopic (exact) mass is 395 g/mol. The lowest BCUT2D eigenvalue weighted by Crippen LogP contribution is -2.25. The molecule has 1 fully saturated rings. The maximum Gasteiger partial charge on any atom is 0.241 e. The van der Waals surface area contributed by atoms with Crippen LogP contribution in [-0.2, 0) is 10.0 Å². The van der Waals surface area contributed by atoms with Crippen molar-refractivity contribution in [2.75, 3.05) is 6.54 Å². The molecule has 6 heteroatoms. The zero-order valence-electron chi connectivity index (χ0n) is 9.83. The molecule has 0 atom stereocenters. The molecule has 3 nitrogen and oxygen atoms in total. The van der Waals surface area contributed by atoms with Gasteiger partial charge in [-0.15, -0.1) is 0 Å². The molecule has 1 aliphatic carbocycles. The maximum absolute atomic E-state index is 12.1. The Morgan fingerprint density at radius 1 is 1.28 bits per heavy atom. The molecule has 0 spiro atoms. The highest BCUT2D eigenvalue weighted by molar-refractivity contribution is 9.11. The second kappa shape index (κ2) is 6.03. The molecular weight excluding hydrogens is 382 g/mol. The van der Waals surface area contributed by atoms with E-state index < -0.39 is 10.0 Å². The minimum atomic E-state index is -3.42. The van der Waals surface area contributed by atoms with Crippen molar-refractivity contribution in [1.29, 1.82) is 0 Å². The summed E-state index contributed by atoms with van der Waals surface area (Å²) in [6.45, 7) is 0.512. The molecule has 0 amide bonds. The van der Waals surface area contributed by atoms with Gasteiger partial charge in [0.2, 0.25) is 10.0 Å². The van der Waals surface area contributed by atoms with E-state index in [0.29, 0.717) is 11.0 Å². The number of rotatable bonds is 6. The number of hydrogen-bond acceptors (Lipinski definition) is 2. The SMILES string of the molecule is O=S(=O)(NCCCC1CC1)c1cc(Br)ccc1Br. The highest BCUT2D eigenvalue weighted by atomic mass is 79.9. The van der Waals surface area contributed by atoms with Gasteiger partial charge in [-0.25, -0.2) is 13.1 Å². The van der Waals surface area contributed by atoms with Gasteiger partial charge in [0, 0.05) is 15.5 Å². The van der Waals surface area contributed by atoms with Gasteiger partial charge in [-0.05, 0) is 52.9 Å². The first-order valence-electron chi connectivity index (χ1n) is 5.94. The summed E-state index contributed by atoms with van der Waals surface area (Å²) in [7, 11) is -3.42. The number of hydrogen-bond donors (Lipinski definition) is 1. The zero-order valence-corrected chi connectivity index (χ0v) is 13.8. The molecule has 1 aromatic carbocycles. The predicted molar refractivity (Wildman–Crippen MR) is 79.0 cm³/mol. The van der Waals surface area contributed by atoms with Crippen LogP contribution in [-0.4, -0.2) is 15.0 Å². The van der Waals surface area contributed by atoms with Crippen LogP contribution in [0.1, 0.15) is 25.7 Å². The largest absolute Gasteiger partial charge is 0.241 e. The summed E-state index contributed by atoms with van der Waals surface area (Å²) in [6.07, 6.45) is 4.66. The van der Waals surface area contributed by atoms with Crippen molar-refractivity contribution < 1.29 is 8.42 Å². The Hall–Kier alpha value is 0.0900. The molecule has 18 heavy (non-hydrogen) atoms. The molecule has 100 valence electrons. The average molecular weight is 397 g/mol. The Kier molecular flexibility index (Phi) is 4.86. The van der Waals surface area contributed by atoms with Gasteiger partial charge in [0.15, 0.2) is 0 Å². The third-order valence-electron chi connectivity index (χ3n) is 2.96. The second-order valence-corrected chi connectivity index (χ2v) is 8.06. The summed E-state index contributed by atoms with van der Waals surface area (Å²) in [5.41, 5.74) is 0. The zero-order chi connectivity index (χ0) is 13.2. The van der Waals surface area contributed by atoms with Crippen LogP contribution in [0.3, 0.4) is 0 Å². The summed E-state index contributed by atoms with van der Waals surface area (Å²) < 4.78 is 28.2. The summed E-state index contributed by atoms with van der Waals surface area (Å²) in [5, 5.41) is 0.